The van der Waals surface area contributed by atoms with Gasteiger partial charge in [-0.25, -0.2) is 9.69 Å². The van der Waals surface area contributed by atoms with Gasteiger partial charge in [-0.05, 0) is 34.0 Å². The molecule has 5 heteroatoms. The van der Waals surface area contributed by atoms with Crippen molar-refractivity contribution in [3.8, 4) is 0 Å². The van der Waals surface area contributed by atoms with E-state index in [4.69, 9.17) is 4.74 Å². The summed E-state index contributed by atoms with van der Waals surface area (Å²) in [4.78, 5) is 25.7. The largest absolute Gasteiger partial charge is 0.436 e. The number of amides is 2. The Kier molecular flexibility index (Phi) is 3.46. The normalized spacial score (nSPS) is 22.0. The van der Waals surface area contributed by atoms with Gasteiger partial charge in [0.15, 0.2) is 6.10 Å². The third kappa shape index (κ3) is 2.45. The van der Waals surface area contributed by atoms with Crippen molar-refractivity contribution < 1.29 is 14.3 Å². The van der Waals surface area contributed by atoms with Crippen LogP contribution in [0.4, 0.5) is 4.79 Å². The van der Waals surface area contributed by atoms with Crippen molar-refractivity contribution in [2.24, 2.45) is 0 Å². The van der Waals surface area contributed by atoms with Crippen LogP contribution in [0.15, 0.2) is 0 Å². The van der Waals surface area contributed by atoms with Crippen LogP contribution in [0, 0.1) is 0 Å². The molecule has 80 valence electrons. The van der Waals surface area contributed by atoms with E-state index in [9.17, 15) is 9.59 Å². The molecule has 0 N–H and O–H groups in total. The second kappa shape index (κ2) is 4.41. The molecule has 1 saturated heterocycles. The van der Waals surface area contributed by atoms with Crippen molar-refractivity contribution in [3.63, 3.8) is 0 Å². The maximum atomic E-state index is 11.4. The van der Waals surface area contributed by atoms with Gasteiger partial charge in [-0.3, -0.25) is 4.79 Å². The number of rotatable bonds is 4. The zero-order chi connectivity index (χ0) is 10.7. The van der Waals surface area contributed by atoms with E-state index in [0.29, 0.717) is 6.54 Å². The number of ether oxygens (including phenoxy) is 1. The van der Waals surface area contributed by atoms with E-state index in [2.05, 4.69) is 0 Å². The molecule has 14 heavy (non-hydrogen) atoms. The predicted molar refractivity (Wildman–Crippen MR) is 50.8 cm³/mol. The van der Waals surface area contributed by atoms with Gasteiger partial charge in [-0.2, -0.15) is 0 Å². The third-order valence-corrected chi connectivity index (χ3v) is 2.10. The second-order valence-corrected chi connectivity index (χ2v) is 3.67. The van der Waals surface area contributed by atoms with Crippen molar-refractivity contribution in [3.05, 3.63) is 0 Å². The van der Waals surface area contributed by atoms with Gasteiger partial charge in [-0.1, -0.05) is 0 Å². The molecule has 1 aliphatic rings. The highest BCUT2D eigenvalue weighted by atomic mass is 16.6. The summed E-state index contributed by atoms with van der Waals surface area (Å²) in [6.45, 7) is 2.89. The number of cyclic esters (lactones) is 1. The first-order valence-corrected chi connectivity index (χ1v) is 4.69. The average Bonchev–Trinajstić information content (AvgIpc) is 2.31. The Morgan fingerprint density at radius 1 is 1.43 bits per heavy atom. The van der Waals surface area contributed by atoms with Gasteiger partial charge >= 0.3 is 6.09 Å². The summed E-state index contributed by atoms with van der Waals surface area (Å²) in [6, 6.07) is 0. The Morgan fingerprint density at radius 3 is 2.50 bits per heavy atom. The molecular weight excluding hydrogens is 184 g/mol. The van der Waals surface area contributed by atoms with Gasteiger partial charge in [0.1, 0.15) is 0 Å². The topological polar surface area (TPSA) is 49.9 Å². The molecule has 1 heterocycles. The summed E-state index contributed by atoms with van der Waals surface area (Å²) in [7, 11) is 3.90. The first-order chi connectivity index (χ1) is 6.52. The first-order valence-electron chi connectivity index (χ1n) is 4.69. The number of carbonyl (C=O) groups excluding carboxylic acids is 2. The number of carbonyl (C=O) groups is 2. The minimum absolute atomic E-state index is 0.228. The molecule has 0 aromatic rings. The minimum atomic E-state index is -0.609. The fourth-order valence-corrected chi connectivity index (χ4v) is 1.32. The quantitative estimate of drug-likeness (QED) is 0.655. The van der Waals surface area contributed by atoms with E-state index in [1.165, 1.54) is 4.90 Å². The highest BCUT2D eigenvalue weighted by Crippen LogP contribution is 2.12. The van der Waals surface area contributed by atoms with Crippen LogP contribution in [-0.2, 0) is 9.53 Å². The molecule has 0 aromatic heterocycles. The van der Waals surface area contributed by atoms with Crippen LogP contribution in [0.3, 0.4) is 0 Å². The highest BCUT2D eigenvalue weighted by Gasteiger charge is 2.36. The fraction of sp³-hybridized carbons (Fsp3) is 0.778. The minimum Gasteiger partial charge on any atom is -0.436 e. The Bertz CT molecular complexity index is 240. The lowest BCUT2D eigenvalue weighted by Crippen LogP contribution is -2.33. The van der Waals surface area contributed by atoms with Gasteiger partial charge in [0, 0.05) is 6.54 Å². The molecule has 1 atom stereocenters. The van der Waals surface area contributed by atoms with E-state index >= 15 is 0 Å². The summed E-state index contributed by atoms with van der Waals surface area (Å²) < 4.78 is 4.77. The van der Waals surface area contributed by atoms with Crippen LogP contribution >= 0.6 is 0 Å². The van der Waals surface area contributed by atoms with Crippen molar-refractivity contribution >= 4 is 12.0 Å². The smallest absolute Gasteiger partial charge is 0.417 e. The lowest BCUT2D eigenvalue weighted by molar-refractivity contribution is -0.129. The van der Waals surface area contributed by atoms with Crippen molar-refractivity contribution in [1.29, 1.82) is 0 Å². The Labute approximate surface area is 83.6 Å². The SMILES string of the molecule is CC1OC(=O)N(CCCN(C)C)C1=O. The van der Waals surface area contributed by atoms with E-state index in [0.717, 1.165) is 13.0 Å². The zero-order valence-corrected chi connectivity index (χ0v) is 8.82. The highest BCUT2D eigenvalue weighted by molar-refractivity contribution is 5.99. The molecule has 1 rings (SSSR count). The van der Waals surface area contributed by atoms with Gasteiger partial charge < -0.3 is 9.64 Å². The van der Waals surface area contributed by atoms with Crippen LogP contribution in [0.5, 0.6) is 0 Å². The summed E-state index contributed by atoms with van der Waals surface area (Å²) in [5.41, 5.74) is 0. The molecule has 0 aromatic carbocycles. The second-order valence-electron chi connectivity index (χ2n) is 3.67. The molecule has 0 bridgehead atoms. The lowest BCUT2D eigenvalue weighted by atomic mass is 10.3. The lowest BCUT2D eigenvalue weighted by Gasteiger charge is -2.13. The maximum Gasteiger partial charge on any atom is 0.417 e. The van der Waals surface area contributed by atoms with E-state index < -0.39 is 12.2 Å². The predicted octanol–water partition coefficient (Wildman–Crippen LogP) is 0.305. The molecule has 2 amide bonds. The summed E-state index contributed by atoms with van der Waals surface area (Å²) in [5.74, 6) is -0.228. The maximum absolute atomic E-state index is 11.4. The van der Waals surface area contributed by atoms with Crippen molar-refractivity contribution in [2.45, 2.75) is 19.4 Å². The first kappa shape index (κ1) is 11.0. The molecule has 0 saturated carbocycles. The fourth-order valence-electron chi connectivity index (χ4n) is 1.32. The standard InChI is InChI=1S/C9H16N2O3/c1-7-8(12)11(9(13)14-7)6-4-5-10(2)3/h7H,4-6H2,1-3H3. The molecule has 1 unspecified atom stereocenters. The Balaban J connectivity index is 2.37. The monoisotopic (exact) mass is 200 g/mol. The molecule has 0 radical (unpaired) electrons. The van der Waals surface area contributed by atoms with E-state index in [1.807, 2.05) is 19.0 Å². The van der Waals surface area contributed by atoms with E-state index in [-0.39, 0.29) is 5.91 Å². The molecule has 5 nitrogen and oxygen atoms in total. The van der Waals surface area contributed by atoms with Crippen LogP contribution in [-0.4, -0.2) is 55.1 Å². The van der Waals surface area contributed by atoms with Crippen LogP contribution < -0.4 is 0 Å². The molecule has 0 aliphatic carbocycles. The number of imide groups is 1. The zero-order valence-electron chi connectivity index (χ0n) is 8.82. The summed E-state index contributed by atoms with van der Waals surface area (Å²) in [5, 5.41) is 0. The number of nitrogens with zero attached hydrogens (tertiary/aromatic N) is 2. The van der Waals surface area contributed by atoms with Crippen LogP contribution in [0.1, 0.15) is 13.3 Å². The molecule has 0 spiro atoms. The van der Waals surface area contributed by atoms with Gasteiger partial charge in [0.05, 0.1) is 0 Å². The van der Waals surface area contributed by atoms with Gasteiger partial charge in [0.2, 0.25) is 0 Å². The van der Waals surface area contributed by atoms with Crippen LogP contribution in [0.25, 0.3) is 0 Å². The van der Waals surface area contributed by atoms with Crippen molar-refractivity contribution in [2.75, 3.05) is 27.2 Å². The van der Waals surface area contributed by atoms with Gasteiger partial charge in [-0.15, -0.1) is 0 Å². The number of hydrogen-bond donors (Lipinski definition) is 0. The summed E-state index contributed by atoms with van der Waals surface area (Å²) >= 11 is 0. The molecule has 1 aliphatic heterocycles. The van der Waals surface area contributed by atoms with E-state index in [1.54, 1.807) is 6.92 Å². The Morgan fingerprint density at radius 2 is 2.07 bits per heavy atom. The summed E-state index contributed by atoms with van der Waals surface area (Å²) in [6.07, 6.45) is -0.344. The molecule has 1 fully saturated rings. The van der Waals surface area contributed by atoms with Crippen LogP contribution in [0.2, 0.25) is 0 Å². The average molecular weight is 200 g/mol. The van der Waals surface area contributed by atoms with Gasteiger partial charge in [0.25, 0.3) is 5.91 Å². The molecular formula is C9H16N2O3. The Hall–Kier alpha value is -1.10. The number of hydrogen-bond acceptors (Lipinski definition) is 4. The third-order valence-electron chi connectivity index (χ3n) is 2.10. The van der Waals surface area contributed by atoms with Crippen molar-refractivity contribution in [1.82, 2.24) is 9.80 Å².